The number of rotatable bonds is 3. The van der Waals surface area contributed by atoms with Gasteiger partial charge in [0.2, 0.25) is 0 Å². The molecule has 2 rings (SSSR count). The summed E-state index contributed by atoms with van der Waals surface area (Å²) in [5, 5.41) is 5.41. The van der Waals surface area contributed by atoms with Crippen molar-refractivity contribution in [2.75, 3.05) is 17.6 Å². The summed E-state index contributed by atoms with van der Waals surface area (Å²) in [6.07, 6.45) is 2.33. The van der Waals surface area contributed by atoms with Gasteiger partial charge in [-0.15, -0.1) is 0 Å². The number of hydrogen-bond acceptors (Lipinski definition) is 3. The lowest BCUT2D eigenvalue weighted by Gasteiger charge is -2.33. The molecule has 0 fully saturated rings. The SMILES string of the molecule is CCC1(CC)CN=C(Nc2c(Cl)cccc2Cl)SC1. The van der Waals surface area contributed by atoms with Gasteiger partial charge in [0.05, 0.1) is 15.7 Å². The second-order valence-corrected chi connectivity index (χ2v) is 6.62. The molecule has 0 saturated carbocycles. The molecule has 19 heavy (non-hydrogen) atoms. The van der Waals surface area contributed by atoms with Crippen molar-refractivity contribution < 1.29 is 0 Å². The number of benzene rings is 1. The van der Waals surface area contributed by atoms with Gasteiger partial charge >= 0.3 is 0 Å². The molecule has 0 amide bonds. The highest BCUT2D eigenvalue weighted by Crippen LogP contribution is 2.37. The minimum Gasteiger partial charge on any atom is -0.333 e. The van der Waals surface area contributed by atoms with E-state index >= 15 is 0 Å². The van der Waals surface area contributed by atoms with Crippen LogP contribution in [0.1, 0.15) is 26.7 Å². The van der Waals surface area contributed by atoms with E-state index in [9.17, 15) is 0 Å². The highest BCUT2D eigenvalue weighted by atomic mass is 35.5. The molecule has 5 heteroatoms. The van der Waals surface area contributed by atoms with Gasteiger partial charge < -0.3 is 5.32 Å². The first-order chi connectivity index (χ1) is 9.10. The molecule has 0 unspecified atom stereocenters. The third kappa shape index (κ3) is 3.39. The highest BCUT2D eigenvalue weighted by molar-refractivity contribution is 8.14. The van der Waals surface area contributed by atoms with Crippen molar-refractivity contribution in [1.29, 1.82) is 0 Å². The number of amidine groups is 1. The average molecular weight is 317 g/mol. The van der Waals surface area contributed by atoms with Crippen LogP contribution < -0.4 is 5.32 Å². The lowest BCUT2D eigenvalue weighted by atomic mass is 9.84. The summed E-state index contributed by atoms with van der Waals surface area (Å²) < 4.78 is 0. The van der Waals surface area contributed by atoms with E-state index in [-0.39, 0.29) is 0 Å². The molecule has 0 radical (unpaired) electrons. The average Bonchev–Trinajstić information content (AvgIpc) is 2.44. The molecular formula is C14H18Cl2N2S. The molecule has 1 aromatic rings. The Hall–Kier alpha value is -0.380. The number of thioether (sulfide) groups is 1. The van der Waals surface area contributed by atoms with Gasteiger partial charge in [-0.2, -0.15) is 0 Å². The van der Waals surface area contributed by atoms with Gasteiger partial charge in [0.25, 0.3) is 0 Å². The van der Waals surface area contributed by atoms with Crippen LogP contribution in [-0.4, -0.2) is 17.5 Å². The third-order valence-corrected chi connectivity index (χ3v) is 5.66. The van der Waals surface area contributed by atoms with Crippen molar-refractivity contribution in [1.82, 2.24) is 0 Å². The molecule has 1 aliphatic heterocycles. The van der Waals surface area contributed by atoms with E-state index in [1.807, 2.05) is 18.2 Å². The maximum atomic E-state index is 6.15. The second kappa shape index (κ2) is 6.38. The normalized spacial score (nSPS) is 18.0. The quantitative estimate of drug-likeness (QED) is 0.816. The smallest absolute Gasteiger partial charge is 0.161 e. The van der Waals surface area contributed by atoms with E-state index in [1.54, 1.807) is 11.8 Å². The minimum absolute atomic E-state index is 0.347. The molecule has 0 aliphatic carbocycles. The summed E-state index contributed by atoms with van der Waals surface area (Å²) in [4.78, 5) is 4.65. The maximum Gasteiger partial charge on any atom is 0.161 e. The fourth-order valence-electron chi connectivity index (χ4n) is 2.03. The lowest BCUT2D eigenvalue weighted by Crippen LogP contribution is -2.32. The molecule has 1 N–H and O–H groups in total. The van der Waals surface area contributed by atoms with Crippen LogP contribution in [0.15, 0.2) is 23.2 Å². The van der Waals surface area contributed by atoms with Crippen LogP contribution in [0.4, 0.5) is 5.69 Å². The molecule has 1 aliphatic rings. The molecule has 0 atom stereocenters. The number of anilines is 1. The van der Waals surface area contributed by atoms with Crippen molar-refractivity contribution in [2.45, 2.75) is 26.7 Å². The first-order valence-corrected chi connectivity index (χ1v) is 8.22. The van der Waals surface area contributed by atoms with E-state index < -0.39 is 0 Å². The second-order valence-electron chi connectivity index (χ2n) is 4.84. The van der Waals surface area contributed by atoms with Gasteiger partial charge in [0.1, 0.15) is 0 Å². The van der Waals surface area contributed by atoms with Crippen LogP contribution in [-0.2, 0) is 0 Å². The van der Waals surface area contributed by atoms with Crippen LogP contribution in [0.25, 0.3) is 0 Å². The first kappa shape index (κ1) is 15.0. The number of nitrogens with zero attached hydrogens (tertiary/aromatic N) is 1. The zero-order chi connectivity index (χ0) is 13.9. The Morgan fingerprint density at radius 2 is 1.89 bits per heavy atom. The zero-order valence-electron chi connectivity index (χ0n) is 11.2. The van der Waals surface area contributed by atoms with Crippen molar-refractivity contribution in [3.05, 3.63) is 28.2 Å². The van der Waals surface area contributed by atoms with E-state index in [0.29, 0.717) is 15.5 Å². The van der Waals surface area contributed by atoms with E-state index in [4.69, 9.17) is 23.2 Å². The molecule has 1 aromatic carbocycles. The van der Waals surface area contributed by atoms with Crippen LogP contribution in [0, 0.1) is 5.41 Å². The molecule has 0 bridgehead atoms. The number of nitrogens with one attached hydrogen (secondary N) is 1. The number of para-hydroxylation sites is 1. The van der Waals surface area contributed by atoms with Gasteiger partial charge in [-0.05, 0) is 30.4 Å². The largest absolute Gasteiger partial charge is 0.333 e. The van der Waals surface area contributed by atoms with Crippen LogP contribution in [0.2, 0.25) is 10.0 Å². The topological polar surface area (TPSA) is 24.4 Å². The number of halogens is 2. The Morgan fingerprint density at radius 3 is 2.37 bits per heavy atom. The molecule has 2 nitrogen and oxygen atoms in total. The van der Waals surface area contributed by atoms with Crippen molar-refractivity contribution in [3.8, 4) is 0 Å². The summed E-state index contributed by atoms with van der Waals surface area (Å²) in [7, 11) is 0. The fraction of sp³-hybridized carbons (Fsp3) is 0.500. The Balaban J connectivity index is 2.12. The lowest BCUT2D eigenvalue weighted by molar-refractivity contribution is 0.318. The Bertz CT molecular complexity index is 464. The summed E-state index contributed by atoms with van der Waals surface area (Å²) in [5.74, 6) is 1.09. The monoisotopic (exact) mass is 316 g/mol. The van der Waals surface area contributed by atoms with E-state index in [2.05, 4.69) is 24.2 Å². The summed E-state index contributed by atoms with van der Waals surface area (Å²) in [6, 6.07) is 5.49. The summed E-state index contributed by atoms with van der Waals surface area (Å²) >= 11 is 14.0. The zero-order valence-corrected chi connectivity index (χ0v) is 13.5. The standard InChI is InChI=1S/C14H18Cl2N2S/c1-3-14(4-2)8-17-13(19-9-14)18-12-10(15)6-5-7-11(12)16/h5-7H,3-4,8-9H2,1-2H3,(H,17,18). The highest BCUT2D eigenvalue weighted by Gasteiger charge is 2.30. The molecule has 1 heterocycles. The third-order valence-electron chi connectivity index (χ3n) is 3.77. The van der Waals surface area contributed by atoms with Crippen molar-refractivity contribution in [2.24, 2.45) is 10.4 Å². The van der Waals surface area contributed by atoms with Crippen LogP contribution >= 0.6 is 35.0 Å². The summed E-state index contributed by atoms with van der Waals surface area (Å²) in [5.41, 5.74) is 1.10. The van der Waals surface area contributed by atoms with E-state index in [0.717, 1.165) is 23.2 Å². The van der Waals surface area contributed by atoms with E-state index in [1.165, 1.54) is 12.8 Å². The predicted molar refractivity (Wildman–Crippen MR) is 87.9 cm³/mol. The fourth-order valence-corrected chi connectivity index (χ4v) is 3.79. The van der Waals surface area contributed by atoms with Crippen molar-refractivity contribution >= 4 is 45.8 Å². The van der Waals surface area contributed by atoms with Gasteiger partial charge in [-0.25, -0.2) is 0 Å². The molecule has 0 saturated heterocycles. The maximum absolute atomic E-state index is 6.15. The Labute approximate surface area is 129 Å². The van der Waals surface area contributed by atoms with Crippen LogP contribution in [0.5, 0.6) is 0 Å². The van der Waals surface area contributed by atoms with Gasteiger partial charge in [-0.1, -0.05) is 54.9 Å². The summed E-state index contributed by atoms with van der Waals surface area (Å²) in [6.45, 7) is 5.35. The van der Waals surface area contributed by atoms with Gasteiger partial charge in [-0.3, -0.25) is 4.99 Å². The van der Waals surface area contributed by atoms with Gasteiger partial charge in [0, 0.05) is 12.3 Å². The van der Waals surface area contributed by atoms with Gasteiger partial charge in [0.15, 0.2) is 5.17 Å². The molecule has 104 valence electrons. The number of aliphatic imine (C=N–C) groups is 1. The first-order valence-electron chi connectivity index (χ1n) is 6.48. The Kier molecular flexibility index (Phi) is 5.04. The number of hydrogen-bond donors (Lipinski definition) is 1. The molecular weight excluding hydrogens is 299 g/mol. The minimum atomic E-state index is 0.347. The molecule has 0 aromatic heterocycles. The van der Waals surface area contributed by atoms with Crippen molar-refractivity contribution in [3.63, 3.8) is 0 Å². The predicted octanol–water partition coefficient (Wildman–Crippen LogP) is 5.31. The molecule has 0 spiro atoms. The van der Waals surface area contributed by atoms with Crippen LogP contribution in [0.3, 0.4) is 0 Å². The Morgan fingerprint density at radius 1 is 1.26 bits per heavy atom.